The van der Waals surface area contributed by atoms with E-state index < -0.39 is 0 Å². The molecule has 0 amide bonds. The molecule has 0 aliphatic rings. The summed E-state index contributed by atoms with van der Waals surface area (Å²) in [6, 6.07) is 31.3. The van der Waals surface area contributed by atoms with E-state index in [2.05, 4.69) is 79.1 Å². The van der Waals surface area contributed by atoms with Crippen molar-refractivity contribution in [2.24, 2.45) is 0 Å². The maximum absolute atomic E-state index is 4.58. The molecule has 0 N–H and O–H groups in total. The first-order valence-electron chi connectivity index (χ1n) is 13.3. The number of aryl methyl sites for hydroxylation is 1. The van der Waals surface area contributed by atoms with Gasteiger partial charge in [0, 0.05) is 64.1 Å². The summed E-state index contributed by atoms with van der Waals surface area (Å²) in [4.78, 5) is 23.1. The van der Waals surface area contributed by atoms with Gasteiger partial charge in [-0.05, 0) is 66.6 Å². The zero-order valence-electron chi connectivity index (χ0n) is 22.4. The van der Waals surface area contributed by atoms with Gasteiger partial charge in [0.15, 0.2) is 0 Å². The first-order chi connectivity index (χ1) is 19.2. The highest BCUT2D eigenvalue weighted by molar-refractivity contribution is 5.30. The molecule has 0 aliphatic carbocycles. The SMILES string of the molecule is Cc1cc(CN(Cc2ccccn2)Cc2ccccn2)cc(CN(Cc2ccccn2)Cc2ccccn2)c1. The van der Waals surface area contributed by atoms with Crippen LogP contribution in [-0.4, -0.2) is 29.7 Å². The summed E-state index contributed by atoms with van der Waals surface area (Å²) >= 11 is 0. The molecule has 0 saturated heterocycles. The summed E-state index contributed by atoms with van der Waals surface area (Å²) in [6.45, 7) is 6.82. The van der Waals surface area contributed by atoms with Crippen LogP contribution in [0, 0.1) is 6.92 Å². The van der Waals surface area contributed by atoms with Crippen LogP contribution in [0.15, 0.2) is 116 Å². The van der Waals surface area contributed by atoms with Crippen molar-refractivity contribution in [1.29, 1.82) is 0 Å². The Morgan fingerprint density at radius 3 is 1.05 bits per heavy atom. The molecular weight excluding hydrogens is 480 g/mol. The van der Waals surface area contributed by atoms with Crippen molar-refractivity contribution in [2.75, 3.05) is 0 Å². The van der Waals surface area contributed by atoms with E-state index in [4.69, 9.17) is 0 Å². The highest BCUT2D eigenvalue weighted by atomic mass is 15.1. The topological polar surface area (TPSA) is 58.0 Å². The Labute approximate surface area is 231 Å². The predicted octanol–water partition coefficient (Wildman–Crippen LogP) is 5.98. The fourth-order valence-electron chi connectivity index (χ4n) is 4.87. The lowest BCUT2D eigenvalue weighted by Gasteiger charge is -2.24. The molecule has 6 nitrogen and oxygen atoms in total. The molecular formula is C33H34N6. The van der Waals surface area contributed by atoms with Crippen LogP contribution in [0.1, 0.15) is 39.5 Å². The molecule has 0 fully saturated rings. The summed E-state index contributed by atoms with van der Waals surface area (Å²) in [5.41, 5.74) is 8.04. The normalized spacial score (nSPS) is 11.3. The van der Waals surface area contributed by atoms with Crippen molar-refractivity contribution < 1.29 is 0 Å². The Kier molecular flexibility index (Phi) is 9.13. The molecule has 0 saturated carbocycles. The summed E-state index contributed by atoms with van der Waals surface area (Å²) in [7, 11) is 0. The summed E-state index contributed by atoms with van der Waals surface area (Å²) in [5, 5.41) is 0. The Balaban J connectivity index is 1.36. The Morgan fingerprint density at radius 2 is 0.769 bits per heavy atom. The minimum atomic E-state index is 0.756. The van der Waals surface area contributed by atoms with Gasteiger partial charge in [0.25, 0.3) is 0 Å². The van der Waals surface area contributed by atoms with E-state index in [-0.39, 0.29) is 0 Å². The van der Waals surface area contributed by atoms with Crippen molar-refractivity contribution in [3.63, 3.8) is 0 Å². The molecule has 4 aromatic heterocycles. The first-order valence-corrected chi connectivity index (χ1v) is 13.3. The van der Waals surface area contributed by atoms with E-state index in [1.807, 2.05) is 73.3 Å². The van der Waals surface area contributed by atoms with Crippen molar-refractivity contribution in [2.45, 2.75) is 46.2 Å². The molecule has 0 spiro atoms. The third kappa shape index (κ3) is 8.37. The number of aromatic nitrogens is 4. The zero-order valence-corrected chi connectivity index (χ0v) is 22.4. The molecule has 196 valence electrons. The zero-order chi connectivity index (χ0) is 26.7. The average molecular weight is 515 g/mol. The molecule has 0 radical (unpaired) electrons. The number of hydrogen-bond acceptors (Lipinski definition) is 6. The molecule has 39 heavy (non-hydrogen) atoms. The number of nitrogens with zero attached hydrogens (tertiary/aromatic N) is 6. The third-order valence-electron chi connectivity index (χ3n) is 6.46. The molecule has 1 aromatic carbocycles. The molecule has 5 rings (SSSR count). The van der Waals surface area contributed by atoms with E-state index in [9.17, 15) is 0 Å². The average Bonchev–Trinajstić information content (AvgIpc) is 2.95. The number of benzene rings is 1. The fraction of sp³-hybridized carbons (Fsp3) is 0.212. The number of hydrogen-bond donors (Lipinski definition) is 0. The van der Waals surface area contributed by atoms with E-state index in [0.29, 0.717) is 0 Å². The quantitative estimate of drug-likeness (QED) is 0.204. The largest absolute Gasteiger partial charge is 0.287 e. The van der Waals surface area contributed by atoms with Crippen LogP contribution in [0.3, 0.4) is 0 Å². The lowest BCUT2D eigenvalue weighted by atomic mass is 10.0. The predicted molar refractivity (Wildman–Crippen MR) is 154 cm³/mol. The summed E-state index contributed by atoms with van der Waals surface area (Å²) in [6.07, 6.45) is 7.43. The Bertz CT molecular complexity index is 1220. The summed E-state index contributed by atoms with van der Waals surface area (Å²) < 4.78 is 0. The highest BCUT2D eigenvalue weighted by Gasteiger charge is 2.14. The van der Waals surface area contributed by atoms with Gasteiger partial charge in [0.05, 0.1) is 22.8 Å². The van der Waals surface area contributed by atoms with Gasteiger partial charge in [-0.25, -0.2) is 0 Å². The summed E-state index contributed by atoms with van der Waals surface area (Å²) in [5.74, 6) is 0. The molecule has 5 aromatic rings. The van der Waals surface area contributed by atoms with Crippen LogP contribution in [0.4, 0.5) is 0 Å². The van der Waals surface area contributed by atoms with E-state index in [0.717, 1.165) is 62.0 Å². The first kappa shape index (κ1) is 26.4. The molecule has 0 bridgehead atoms. The van der Waals surface area contributed by atoms with Crippen LogP contribution in [0.2, 0.25) is 0 Å². The van der Waals surface area contributed by atoms with Gasteiger partial charge in [-0.15, -0.1) is 0 Å². The molecule has 6 heteroatoms. The maximum atomic E-state index is 4.58. The maximum Gasteiger partial charge on any atom is 0.0544 e. The monoisotopic (exact) mass is 514 g/mol. The minimum Gasteiger partial charge on any atom is -0.287 e. The van der Waals surface area contributed by atoms with E-state index in [1.165, 1.54) is 16.7 Å². The Morgan fingerprint density at radius 1 is 0.436 bits per heavy atom. The highest BCUT2D eigenvalue weighted by Crippen LogP contribution is 2.19. The van der Waals surface area contributed by atoms with Gasteiger partial charge in [-0.3, -0.25) is 29.7 Å². The van der Waals surface area contributed by atoms with E-state index in [1.54, 1.807) is 0 Å². The van der Waals surface area contributed by atoms with Gasteiger partial charge in [-0.1, -0.05) is 48.0 Å². The van der Waals surface area contributed by atoms with Crippen LogP contribution in [0.5, 0.6) is 0 Å². The number of pyridine rings is 4. The molecule has 0 atom stereocenters. The van der Waals surface area contributed by atoms with Crippen LogP contribution in [0.25, 0.3) is 0 Å². The van der Waals surface area contributed by atoms with Gasteiger partial charge < -0.3 is 0 Å². The van der Waals surface area contributed by atoms with Crippen molar-refractivity contribution >= 4 is 0 Å². The van der Waals surface area contributed by atoms with Crippen molar-refractivity contribution in [3.8, 4) is 0 Å². The molecule has 0 aliphatic heterocycles. The lowest BCUT2D eigenvalue weighted by molar-refractivity contribution is 0.237. The third-order valence-corrected chi connectivity index (χ3v) is 6.46. The second-order valence-electron chi connectivity index (χ2n) is 9.90. The lowest BCUT2D eigenvalue weighted by Crippen LogP contribution is -2.25. The van der Waals surface area contributed by atoms with Crippen LogP contribution in [-0.2, 0) is 39.3 Å². The smallest absolute Gasteiger partial charge is 0.0544 e. The second kappa shape index (κ2) is 13.5. The van der Waals surface area contributed by atoms with Gasteiger partial charge in [-0.2, -0.15) is 0 Å². The standard InChI is InChI=1S/C33H34N6/c1-27-18-28(21-38(23-30-10-2-6-14-34-30)24-31-11-3-7-15-35-31)20-29(19-27)22-39(25-32-12-4-8-16-36-32)26-33-13-5-9-17-37-33/h2-20H,21-26H2,1H3. The van der Waals surface area contributed by atoms with E-state index >= 15 is 0 Å². The Hall–Kier alpha value is -4.26. The minimum absolute atomic E-state index is 0.756. The van der Waals surface area contributed by atoms with Crippen LogP contribution < -0.4 is 0 Å². The van der Waals surface area contributed by atoms with Crippen molar-refractivity contribution in [1.82, 2.24) is 29.7 Å². The van der Waals surface area contributed by atoms with Crippen LogP contribution >= 0.6 is 0 Å². The molecule has 0 unspecified atom stereocenters. The van der Waals surface area contributed by atoms with Crippen molar-refractivity contribution in [3.05, 3.63) is 155 Å². The second-order valence-corrected chi connectivity index (χ2v) is 9.90. The van der Waals surface area contributed by atoms with Gasteiger partial charge in [0.1, 0.15) is 0 Å². The van der Waals surface area contributed by atoms with Gasteiger partial charge in [0.2, 0.25) is 0 Å². The fourth-order valence-corrected chi connectivity index (χ4v) is 4.87. The van der Waals surface area contributed by atoms with Gasteiger partial charge >= 0.3 is 0 Å². The molecule has 4 heterocycles. The number of rotatable bonds is 12.